The van der Waals surface area contributed by atoms with Gasteiger partial charge in [0.05, 0.1) is 18.4 Å². The normalized spacial score (nSPS) is 10.2. The number of rotatable bonds is 4. The summed E-state index contributed by atoms with van der Waals surface area (Å²) in [4.78, 5) is 0.0324. The summed E-state index contributed by atoms with van der Waals surface area (Å²) < 4.78 is 18.7. The minimum Gasteiger partial charge on any atom is -0.467 e. The van der Waals surface area contributed by atoms with Crippen LogP contribution in [0.15, 0.2) is 41.0 Å². The minimum atomic E-state index is -0.429. The molecule has 5 heteroatoms. The maximum atomic E-state index is 13.5. The zero-order valence-corrected chi connectivity index (χ0v) is 9.76. The molecule has 0 saturated heterocycles. The Kier molecular flexibility index (Phi) is 3.39. The molecule has 2 rings (SSSR count). The number of anilines is 1. The van der Waals surface area contributed by atoms with E-state index in [2.05, 4.69) is 5.32 Å². The lowest BCUT2D eigenvalue weighted by Gasteiger charge is -2.10. The van der Waals surface area contributed by atoms with Gasteiger partial charge in [0.1, 0.15) is 16.6 Å². The molecule has 3 nitrogen and oxygen atoms in total. The van der Waals surface area contributed by atoms with Crippen LogP contribution in [0.1, 0.15) is 11.3 Å². The maximum absolute atomic E-state index is 13.5. The Morgan fingerprint density at radius 1 is 1.35 bits per heavy atom. The summed E-state index contributed by atoms with van der Waals surface area (Å²) in [5.41, 5.74) is 6.29. The van der Waals surface area contributed by atoms with E-state index in [1.165, 1.54) is 6.07 Å². The van der Waals surface area contributed by atoms with E-state index < -0.39 is 5.82 Å². The Morgan fingerprint density at radius 3 is 2.82 bits per heavy atom. The van der Waals surface area contributed by atoms with E-state index in [0.29, 0.717) is 12.2 Å². The number of nitrogens with two attached hydrogens (primary N) is 1. The van der Waals surface area contributed by atoms with Gasteiger partial charge >= 0.3 is 0 Å². The standard InChI is InChI=1S/C12H11FN2OS/c13-9-4-1-5-10(11(9)12(14)17)15-7-8-3-2-6-16-8/h1-6,15H,7H2,(H2,14,17). The van der Waals surface area contributed by atoms with E-state index in [4.69, 9.17) is 22.4 Å². The van der Waals surface area contributed by atoms with Crippen molar-refractivity contribution in [2.45, 2.75) is 6.54 Å². The SMILES string of the molecule is NC(=S)c1c(F)cccc1NCc1ccco1. The molecule has 0 radical (unpaired) electrons. The first-order chi connectivity index (χ1) is 8.18. The molecule has 2 aromatic rings. The highest BCUT2D eigenvalue weighted by molar-refractivity contribution is 7.80. The van der Waals surface area contributed by atoms with Crippen LogP contribution in [-0.2, 0) is 6.54 Å². The van der Waals surface area contributed by atoms with Crippen LogP contribution in [0.3, 0.4) is 0 Å². The zero-order chi connectivity index (χ0) is 12.3. The Bertz CT molecular complexity index is 525. The third-order valence-electron chi connectivity index (χ3n) is 2.29. The third-order valence-corrected chi connectivity index (χ3v) is 2.50. The van der Waals surface area contributed by atoms with Crippen LogP contribution in [0.5, 0.6) is 0 Å². The van der Waals surface area contributed by atoms with E-state index in [0.717, 1.165) is 5.76 Å². The Hall–Kier alpha value is -1.88. The molecule has 1 heterocycles. The molecular formula is C12H11FN2OS. The molecule has 17 heavy (non-hydrogen) atoms. The van der Waals surface area contributed by atoms with Gasteiger partial charge in [-0.3, -0.25) is 0 Å². The van der Waals surface area contributed by atoms with Crippen molar-refractivity contribution >= 4 is 22.9 Å². The first kappa shape index (κ1) is 11.6. The van der Waals surface area contributed by atoms with Crippen molar-refractivity contribution in [3.63, 3.8) is 0 Å². The van der Waals surface area contributed by atoms with Gasteiger partial charge < -0.3 is 15.5 Å². The first-order valence-electron chi connectivity index (χ1n) is 5.03. The van der Waals surface area contributed by atoms with Crippen molar-refractivity contribution in [2.24, 2.45) is 5.73 Å². The van der Waals surface area contributed by atoms with E-state index >= 15 is 0 Å². The summed E-state index contributed by atoms with van der Waals surface area (Å²) in [5.74, 6) is 0.324. The maximum Gasteiger partial charge on any atom is 0.135 e. The monoisotopic (exact) mass is 250 g/mol. The van der Waals surface area contributed by atoms with Crippen LogP contribution in [0.4, 0.5) is 10.1 Å². The minimum absolute atomic E-state index is 0.0324. The lowest BCUT2D eigenvalue weighted by Crippen LogP contribution is -2.15. The Balaban J connectivity index is 2.21. The molecule has 0 fully saturated rings. The predicted molar refractivity (Wildman–Crippen MR) is 68.3 cm³/mol. The molecule has 0 spiro atoms. The van der Waals surface area contributed by atoms with E-state index in [9.17, 15) is 4.39 Å². The van der Waals surface area contributed by atoms with Crippen molar-refractivity contribution in [1.82, 2.24) is 0 Å². The van der Waals surface area contributed by atoms with Crippen molar-refractivity contribution in [3.8, 4) is 0 Å². The fourth-order valence-corrected chi connectivity index (χ4v) is 1.72. The van der Waals surface area contributed by atoms with Gasteiger partial charge in [-0.1, -0.05) is 18.3 Å². The number of halogens is 1. The van der Waals surface area contributed by atoms with Crippen molar-refractivity contribution in [3.05, 3.63) is 53.7 Å². The van der Waals surface area contributed by atoms with Crippen LogP contribution >= 0.6 is 12.2 Å². The molecule has 0 aliphatic carbocycles. The van der Waals surface area contributed by atoms with Gasteiger partial charge in [-0.25, -0.2) is 4.39 Å². The van der Waals surface area contributed by atoms with Gasteiger partial charge in [-0.15, -0.1) is 0 Å². The van der Waals surface area contributed by atoms with Crippen molar-refractivity contribution in [2.75, 3.05) is 5.32 Å². The second-order valence-corrected chi connectivity index (χ2v) is 3.90. The molecule has 0 aliphatic rings. The number of furan rings is 1. The molecule has 0 unspecified atom stereocenters. The summed E-state index contributed by atoms with van der Waals surface area (Å²) in [6, 6.07) is 8.26. The zero-order valence-electron chi connectivity index (χ0n) is 8.94. The summed E-state index contributed by atoms with van der Waals surface area (Å²) in [5, 5.41) is 3.04. The summed E-state index contributed by atoms with van der Waals surface area (Å²) >= 11 is 4.83. The van der Waals surface area contributed by atoms with Gasteiger partial charge in [0, 0.05) is 5.69 Å². The topological polar surface area (TPSA) is 51.2 Å². The van der Waals surface area contributed by atoms with E-state index in [1.54, 1.807) is 24.5 Å². The fourth-order valence-electron chi connectivity index (χ4n) is 1.52. The van der Waals surface area contributed by atoms with Gasteiger partial charge in [-0.2, -0.15) is 0 Å². The van der Waals surface area contributed by atoms with Crippen LogP contribution in [0.25, 0.3) is 0 Å². The van der Waals surface area contributed by atoms with Crippen LogP contribution in [-0.4, -0.2) is 4.99 Å². The van der Waals surface area contributed by atoms with Crippen molar-refractivity contribution in [1.29, 1.82) is 0 Å². The summed E-state index contributed by atoms with van der Waals surface area (Å²) in [7, 11) is 0. The molecule has 3 N–H and O–H groups in total. The number of benzene rings is 1. The highest BCUT2D eigenvalue weighted by Gasteiger charge is 2.10. The fraction of sp³-hybridized carbons (Fsp3) is 0.0833. The Labute approximate surface area is 103 Å². The van der Waals surface area contributed by atoms with Crippen molar-refractivity contribution < 1.29 is 8.81 Å². The summed E-state index contributed by atoms with van der Waals surface area (Å²) in [6.45, 7) is 0.450. The third kappa shape index (κ3) is 2.62. The molecule has 0 saturated carbocycles. The number of nitrogens with one attached hydrogen (secondary N) is 1. The number of thiocarbonyl (C=S) groups is 1. The largest absolute Gasteiger partial charge is 0.467 e. The number of hydrogen-bond acceptors (Lipinski definition) is 3. The van der Waals surface area contributed by atoms with Crippen LogP contribution < -0.4 is 11.1 Å². The second kappa shape index (κ2) is 4.97. The lowest BCUT2D eigenvalue weighted by atomic mass is 10.1. The molecular weight excluding hydrogens is 239 g/mol. The molecule has 0 aliphatic heterocycles. The van der Waals surface area contributed by atoms with E-state index in [1.807, 2.05) is 6.07 Å². The predicted octanol–water partition coefficient (Wildman–Crippen LogP) is 2.67. The van der Waals surface area contributed by atoms with Crippen LogP contribution in [0.2, 0.25) is 0 Å². The molecule has 1 aromatic heterocycles. The van der Waals surface area contributed by atoms with Gasteiger partial charge in [0.25, 0.3) is 0 Å². The molecule has 1 aromatic carbocycles. The van der Waals surface area contributed by atoms with Gasteiger partial charge in [-0.05, 0) is 24.3 Å². The highest BCUT2D eigenvalue weighted by Crippen LogP contribution is 2.19. The van der Waals surface area contributed by atoms with E-state index in [-0.39, 0.29) is 10.6 Å². The smallest absolute Gasteiger partial charge is 0.135 e. The first-order valence-corrected chi connectivity index (χ1v) is 5.44. The average Bonchev–Trinajstić information content (AvgIpc) is 2.78. The lowest BCUT2D eigenvalue weighted by molar-refractivity contribution is 0.518. The summed E-state index contributed by atoms with van der Waals surface area (Å²) in [6.07, 6.45) is 1.58. The second-order valence-electron chi connectivity index (χ2n) is 3.46. The molecule has 0 bridgehead atoms. The average molecular weight is 250 g/mol. The quantitative estimate of drug-likeness (QED) is 0.819. The Morgan fingerprint density at radius 2 is 2.18 bits per heavy atom. The van der Waals surface area contributed by atoms with Crippen LogP contribution in [0, 0.1) is 5.82 Å². The molecule has 88 valence electrons. The highest BCUT2D eigenvalue weighted by atomic mass is 32.1. The molecule has 0 amide bonds. The van der Waals surface area contributed by atoms with Gasteiger partial charge in [0.2, 0.25) is 0 Å². The van der Waals surface area contributed by atoms with Gasteiger partial charge in [0.15, 0.2) is 0 Å². The molecule has 0 atom stereocenters. The number of hydrogen-bond donors (Lipinski definition) is 2.